The number of hydrogen-bond donors (Lipinski definition) is 1. The zero-order valence-corrected chi connectivity index (χ0v) is 13.1. The topological polar surface area (TPSA) is 63.4 Å². The first-order valence-corrected chi connectivity index (χ1v) is 8.82. The van der Waals surface area contributed by atoms with Crippen molar-refractivity contribution in [3.05, 3.63) is 35.4 Å². The van der Waals surface area contributed by atoms with E-state index in [9.17, 15) is 8.42 Å². The fourth-order valence-electron chi connectivity index (χ4n) is 2.76. The van der Waals surface area contributed by atoms with Crippen LogP contribution in [0.25, 0.3) is 0 Å². The highest BCUT2D eigenvalue weighted by atomic mass is 32.2. The minimum atomic E-state index is -3.24. The molecule has 1 heterocycles. The first-order valence-electron chi connectivity index (χ1n) is 7.21. The van der Waals surface area contributed by atoms with E-state index in [2.05, 4.69) is 6.92 Å². The monoisotopic (exact) mass is 296 g/mol. The van der Waals surface area contributed by atoms with Crippen LogP contribution in [0.2, 0.25) is 0 Å². The lowest BCUT2D eigenvalue weighted by Crippen LogP contribution is -2.46. The van der Waals surface area contributed by atoms with Crippen molar-refractivity contribution < 1.29 is 8.42 Å². The van der Waals surface area contributed by atoms with Gasteiger partial charge in [0.25, 0.3) is 0 Å². The van der Waals surface area contributed by atoms with Crippen LogP contribution in [0.4, 0.5) is 0 Å². The Bertz CT molecular complexity index is 539. The van der Waals surface area contributed by atoms with Crippen molar-refractivity contribution in [2.75, 3.05) is 6.54 Å². The van der Waals surface area contributed by atoms with Gasteiger partial charge in [-0.25, -0.2) is 8.42 Å². The maximum absolute atomic E-state index is 12.6. The molecule has 2 unspecified atom stereocenters. The Kier molecular flexibility index (Phi) is 4.83. The standard InChI is InChI=1S/C15H24N2O2S/c1-12-4-3-9-17(13(12)2)20(18,19)11-15-7-5-14(10-16)6-8-15/h5-8,12-13H,3-4,9-11,16H2,1-2H3. The fourth-order valence-corrected chi connectivity index (χ4v) is 4.66. The van der Waals surface area contributed by atoms with Crippen molar-refractivity contribution >= 4 is 10.0 Å². The molecule has 0 saturated carbocycles. The van der Waals surface area contributed by atoms with E-state index in [-0.39, 0.29) is 11.8 Å². The molecule has 5 heteroatoms. The summed E-state index contributed by atoms with van der Waals surface area (Å²) in [5.74, 6) is 0.507. The minimum absolute atomic E-state index is 0.0783. The van der Waals surface area contributed by atoms with Crippen LogP contribution >= 0.6 is 0 Å². The first kappa shape index (κ1) is 15.5. The molecule has 1 aromatic rings. The Balaban J connectivity index is 2.13. The molecule has 0 radical (unpaired) electrons. The molecule has 112 valence electrons. The van der Waals surface area contributed by atoms with Gasteiger partial charge in [0.05, 0.1) is 5.75 Å². The molecule has 0 spiro atoms. The lowest BCUT2D eigenvalue weighted by molar-refractivity contribution is 0.202. The predicted octanol–water partition coefficient (Wildman–Crippen LogP) is 2.10. The van der Waals surface area contributed by atoms with E-state index < -0.39 is 10.0 Å². The molecule has 0 aliphatic carbocycles. The Morgan fingerprint density at radius 2 is 1.80 bits per heavy atom. The quantitative estimate of drug-likeness (QED) is 0.925. The van der Waals surface area contributed by atoms with Crippen LogP contribution in [-0.4, -0.2) is 25.3 Å². The van der Waals surface area contributed by atoms with Crippen LogP contribution in [0.1, 0.15) is 37.8 Å². The molecular weight excluding hydrogens is 272 g/mol. The van der Waals surface area contributed by atoms with Crippen LogP contribution in [-0.2, 0) is 22.3 Å². The molecule has 2 atom stereocenters. The van der Waals surface area contributed by atoms with Gasteiger partial charge in [0.15, 0.2) is 0 Å². The number of rotatable bonds is 4. The summed E-state index contributed by atoms with van der Waals surface area (Å²) in [6, 6.07) is 7.60. The second-order valence-electron chi connectivity index (χ2n) is 5.75. The third-order valence-electron chi connectivity index (χ3n) is 4.28. The zero-order chi connectivity index (χ0) is 14.8. The predicted molar refractivity (Wildman–Crippen MR) is 81.5 cm³/mol. The van der Waals surface area contributed by atoms with Crippen LogP contribution in [0.5, 0.6) is 0 Å². The summed E-state index contributed by atoms with van der Waals surface area (Å²) >= 11 is 0. The number of hydrogen-bond acceptors (Lipinski definition) is 3. The SMILES string of the molecule is CC1CCCN(S(=O)(=O)Cc2ccc(CN)cc2)C1C. The molecule has 20 heavy (non-hydrogen) atoms. The molecule has 1 saturated heterocycles. The van der Waals surface area contributed by atoms with E-state index in [0.717, 1.165) is 24.0 Å². The molecule has 0 amide bonds. The molecule has 1 fully saturated rings. The molecule has 1 aliphatic rings. The number of benzene rings is 1. The van der Waals surface area contributed by atoms with Crippen molar-refractivity contribution in [2.24, 2.45) is 11.7 Å². The van der Waals surface area contributed by atoms with Gasteiger partial charge in [0.1, 0.15) is 0 Å². The first-order chi connectivity index (χ1) is 9.44. The zero-order valence-electron chi connectivity index (χ0n) is 12.2. The van der Waals surface area contributed by atoms with E-state index in [1.165, 1.54) is 0 Å². The van der Waals surface area contributed by atoms with Gasteiger partial charge in [0.2, 0.25) is 10.0 Å². The fraction of sp³-hybridized carbons (Fsp3) is 0.600. The van der Waals surface area contributed by atoms with Gasteiger partial charge in [-0.3, -0.25) is 0 Å². The van der Waals surface area contributed by atoms with Crippen molar-refractivity contribution in [1.82, 2.24) is 4.31 Å². The van der Waals surface area contributed by atoms with Gasteiger partial charge < -0.3 is 5.73 Å². The lowest BCUT2D eigenvalue weighted by Gasteiger charge is -2.36. The smallest absolute Gasteiger partial charge is 0.218 e. The van der Waals surface area contributed by atoms with E-state index in [1.807, 2.05) is 31.2 Å². The highest BCUT2D eigenvalue weighted by Gasteiger charge is 2.33. The Morgan fingerprint density at radius 3 is 2.40 bits per heavy atom. The van der Waals surface area contributed by atoms with Gasteiger partial charge in [-0.1, -0.05) is 31.2 Å². The Morgan fingerprint density at radius 1 is 1.20 bits per heavy atom. The number of piperidine rings is 1. The van der Waals surface area contributed by atoms with Gasteiger partial charge in [0, 0.05) is 19.1 Å². The maximum atomic E-state index is 12.6. The van der Waals surface area contributed by atoms with Gasteiger partial charge in [-0.2, -0.15) is 4.31 Å². The summed E-state index contributed by atoms with van der Waals surface area (Å²) in [4.78, 5) is 0. The molecule has 0 bridgehead atoms. The second kappa shape index (κ2) is 6.24. The number of nitrogens with zero attached hydrogens (tertiary/aromatic N) is 1. The highest BCUT2D eigenvalue weighted by Crippen LogP contribution is 2.26. The van der Waals surface area contributed by atoms with Crippen molar-refractivity contribution in [3.8, 4) is 0 Å². The molecule has 1 aromatic carbocycles. The summed E-state index contributed by atoms with van der Waals surface area (Å²) in [6.07, 6.45) is 2.06. The summed E-state index contributed by atoms with van der Waals surface area (Å²) < 4.78 is 26.8. The molecule has 2 rings (SSSR count). The van der Waals surface area contributed by atoms with E-state index in [4.69, 9.17) is 5.73 Å². The molecule has 2 N–H and O–H groups in total. The molecule has 4 nitrogen and oxygen atoms in total. The summed E-state index contributed by atoms with van der Waals surface area (Å²) in [5.41, 5.74) is 7.40. The van der Waals surface area contributed by atoms with Crippen LogP contribution in [0.3, 0.4) is 0 Å². The summed E-state index contributed by atoms with van der Waals surface area (Å²) in [5, 5.41) is 0. The van der Waals surface area contributed by atoms with Crippen molar-refractivity contribution in [1.29, 1.82) is 0 Å². The average molecular weight is 296 g/mol. The number of nitrogens with two attached hydrogens (primary N) is 1. The van der Waals surface area contributed by atoms with Crippen LogP contribution in [0.15, 0.2) is 24.3 Å². The van der Waals surface area contributed by atoms with Crippen LogP contribution < -0.4 is 5.73 Å². The van der Waals surface area contributed by atoms with Gasteiger partial charge in [-0.05, 0) is 36.8 Å². The minimum Gasteiger partial charge on any atom is -0.326 e. The van der Waals surface area contributed by atoms with E-state index in [1.54, 1.807) is 4.31 Å². The Labute approximate surface area is 122 Å². The molecular formula is C15H24N2O2S. The highest BCUT2D eigenvalue weighted by molar-refractivity contribution is 7.88. The van der Waals surface area contributed by atoms with E-state index >= 15 is 0 Å². The number of sulfonamides is 1. The second-order valence-corrected chi connectivity index (χ2v) is 7.67. The normalized spacial score (nSPS) is 24.8. The molecule has 1 aliphatic heterocycles. The van der Waals surface area contributed by atoms with Crippen LogP contribution in [0, 0.1) is 5.92 Å². The van der Waals surface area contributed by atoms with Gasteiger partial charge >= 0.3 is 0 Å². The van der Waals surface area contributed by atoms with Crippen molar-refractivity contribution in [2.45, 2.75) is 45.0 Å². The van der Waals surface area contributed by atoms with Crippen molar-refractivity contribution in [3.63, 3.8) is 0 Å². The molecule has 0 aromatic heterocycles. The summed E-state index contributed by atoms with van der Waals surface area (Å²) in [7, 11) is -3.24. The average Bonchev–Trinajstić information content (AvgIpc) is 2.42. The Hall–Kier alpha value is -0.910. The summed E-state index contributed by atoms with van der Waals surface area (Å²) in [6.45, 7) is 5.27. The third kappa shape index (κ3) is 3.40. The lowest BCUT2D eigenvalue weighted by atomic mass is 9.94. The van der Waals surface area contributed by atoms with E-state index in [0.29, 0.717) is 19.0 Å². The maximum Gasteiger partial charge on any atom is 0.218 e. The van der Waals surface area contributed by atoms with Gasteiger partial charge in [-0.15, -0.1) is 0 Å². The third-order valence-corrected chi connectivity index (χ3v) is 6.21. The largest absolute Gasteiger partial charge is 0.326 e.